The fraction of sp³-hybridized carbons (Fsp3) is 0.556. The van der Waals surface area contributed by atoms with Gasteiger partial charge in [0.2, 0.25) is 5.91 Å². The molecule has 2 aromatic rings. The van der Waals surface area contributed by atoms with Crippen molar-refractivity contribution in [2.24, 2.45) is 0 Å². The molecule has 1 atom stereocenters. The van der Waals surface area contributed by atoms with Crippen molar-refractivity contribution in [1.29, 1.82) is 0 Å². The molecule has 1 N–H and O–H groups in total. The number of hydrogen-bond donors (Lipinski definition) is 1. The van der Waals surface area contributed by atoms with Crippen LogP contribution < -0.4 is 5.32 Å². The van der Waals surface area contributed by atoms with Crippen molar-refractivity contribution >= 4 is 11.7 Å². The molecule has 3 rings (SSSR count). The van der Waals surface area contributed by atoms with Crippen LogP contribution in [0.5, 0.6) is 0 Å². The molecule has 1 fully saturated rings. The molecule has 8 heteroatoms. The summed E-state index contributed by atoms with van der Waals surface area (Å²) in [4.78, 5) is 27.6. The van der Waals surface area contributed by atoms with Gasteiger partial charge in [0.1, 0.15) is 23.4 Å². The highest BCUT2D eigenvalue weighted by Crippen LogP contribution is 2.25. The summed E-state index contributed by atoms with van der Waals surface area (Å²) < 4.78 is 7.89. The number of ether oxygens (including phenoxy) is 1. The molecule has 8 nitrogen and oxygen atoms in total. The predicted octanol–water partition coefficient (Wildman–Crippen LogP) is 1.83. The Labute approximate surface area is 153 Å². The van der Waals surface area contributed by atoms with Gasteiger partial charge in [0.25, 0.3) is 0 Å². The van der Waals surface area contributed by atoms with E-state index in [1.165, 1.54) is 0 Å². The monoisotopic (exact) mass is 358 g/mol. The standard InChI is InChI=1S/C18H26N6O2/c1-13(2)18-22-7-9-23(18)8-4-15(25)24-10-11-26-14(12-24)16-17(19-3)21-6-5-20-16/h5-7,9,13-14H,4,8,10-12H2,1-3H3,(H,19,21). The van der Waals surface area contributed by atoms with Gasteiger partial charge < -0.3 is 19.5 Å². The Balaban J connectivity index is 1.62. The Morgan fingerprint density at radius 1 is 1.31 bits per heavy atom. The topological polar surface area (TPSA) is 85.2 Å². The fourth-order valence-corrected chi connectivity index (χ4v) is 3.20. The molecular formula is C18H26N6O2. The molecule has 1 aliphatic rings. The molecular weight excluding hydrogens is 332 g/mol. The first kappa shape index (κ1) is 18.3. The number of aromatic nitrogens is 4. The lowest BCUT2D eigenvalue weighted by Gasteiger charge is -2.33. The molecule has 26 heavy (non-hydrogen) atoms. The van der Waals surface area contributed by atoms with Crippen molar-refractivity contribution in [3.8, 4) is 0 Å². The number of aryl methyl sites for hydroxylation is 1. The molecule has 1 aliphatic heterocycles. The van der Waals surface area contributed by atoms with E-state index in [4.69, 9.17) is 4.74 Å². The smallest absolute Gasteiger partial charge is 0.224 e. The number of carbonyl (C=O) groups excluding carboxylic acids is 1. The number of rotatable bonds is 6. The van der Waals surface area contributed by atoms with E-state index < -0.39 is 0 Å². The van der Waals surface area contributed by atoms with Crippen LogP contribution in [-0.2, 0) is 16.1 Å². The second-order valence-electron chi connectivity index (χ2n) is 6.62. The van der Waals surface area contributed by atoms with Crippen LogP contribution in [0.25, 0.3) is 0 Å². The van der Waals surface area contributed by atoms with E-state index in [1.807, 2.05) is 11.1 Å². The van der Waals surface area contributed by atoms with Crippen LogP contribution in [0, 0.1) is 0 Å². The number of anilines is 1. The van der Waals surface area contributed by atoms with Gasteiger partial charge in [0, 0.05) is 57.3 Å². The van der Waals surface area contributed by atoms with E-state index in [0.29, 0.717) is 44.4 Å². The summed E-state index contributed by atoms with van der Waals surface area (Å²) in [6, 6.07) is 0. The van der Waals surface area contributed by atoms with Crippen LogP contribution in [0.2, 0.25) is 0 Å². The number of amides is 1. The zero-order valence-corrected chi connectivity index (χ0v) is 15.6. The molecule has 1 amide bonds. The van der Waals surface area contributed by atoms with Gasteiger partial charge in [-0.15, -0.1) is 0 Å². The summed E-state index contributed by atoms with van der Waals surface area (Å²) >= 11 is 0. The van der Waals surface area contributed by atoms with E-state index in [0.717, 1.165) is 11.5 Å². The van der Waals surface area contributed by atoms with E-state index in [1.54, 1.807) is 25.6 Å². The van der Waals surface area contributed by atoms with Gasteiger partial charge in [0.05, 0.1) is 13.2 Å². The Bertz CT molecular complexity index is 745. The van der Waals surface area contributed by atoms with Gasteiger partial charge >= 0.3 is 0 Å². The first-order valence-corrected chi connectivity index (χ1v) is 8.99. The van der Waals surface area contributed by atoms with Crippen molar-refractivity contribution in [2.75, 3.05) is 32.1 Å². The van der Waals surface area contributed by atoms with Crippen molar-refractivity contribution in [2.45, 2.75) is 38.8 Å². The summed E-state index contributed by atoms with van der Waals surface area (Å²) in [6.45, 7) is 6.44. The van der Waals surface area contributed by atoms with Crippen LogP contribution >= 0.6 is 0 Å². The molecule has 0 spiro atoms. The molecule has 3 heterocycles. The number of hydrogen-bond acceptors (Lipinski definition) is 6. The second kappa shape index (κ2) is 8.27. The summed E-state index contributed by atoms with van der Waals surface area (Å²) in [5.41, 5.74) is 0.740. The number of morpholine rings is 1. The minimum Gasteiger partial charge on any atom is -0.372 e. The zero-order chi connectivity index (χ0) is 18.5. The number of nitrogens with zero attached hydrogens (tertiary/aromatic N) is 5. The van der Waals surface area contributed by atoms with Crippen LogP contribution in [0.4, 0.5) is 5.82 Å². The molecule has 0 radical (unpaired) electrons. The van der Waals surface area contributed by atoms with E-state index in [2.05, 4.69) is 38.7 Å². The normalized spacial score (nSPS) is 17.5. The Kier molecular flexibility index (Phi) is 5.82. The summed E-state index contributed by atoms with van der Waals surface area (Å²) in [5, 5.41) is 3.03. The third-order valence-electron chi connectivity index (χ3n) is 4.52. The van der Waals surface area contributed by atoms with Gasteiger partial charge in [-0.25, -0.2) is 9.97 Å². The van der Waals surface area contributed by atoms with Crippen LogP contribution in [0.15, 0.2) is 24.8 Å². The van der Waals surface area contributed by atoms with E-state index >= 15 is 0 Å². The van der Waals surface area contributed by atoms with E-state index in [9.17, 15) is 4.79 Å². The number of imidazole rings is 1. The fourth-order valence-electron chi connectivity index (χ4n) is 3.20. The molecule has 0 aliphatic carbocycles. The van der Waals surface area contributed by atoms with Crippen molar-refractivity contribution in [3.63, 3.8) is 0 Å². The summed E-state index contributed by atoms with van der Waals surface area (Å²) in [5.74, 6) is 2.16. The predicted molar refractivity (Wildman–Crippen MR) is 97.8 cm³/mol. The number of nitrogens with one attached hydrogen (secondary N) is 1. The van der Waals surface area contributed by atoms with Gasteiger partial charge in [-0.1, -0.05) is 13.8 Å². The third-order valence-corrected chi connectivity index (χ3v) is 4.52. The molecule has 2 aromatic heterocycles. The van der Waals surface area contributed by atoms with Crippen molar-refractivity contribution < 1.29 is 9.53 Å². The highest BCUT2D eigenvalue weighted by atomic mass is 16.5. The Morgan fingerprint density at radius 3 is 2.88 bits per heavy atom. The van der Waals surface area contributed by atoms with Gasteiger partial charge in [-0.3, -0.25) is 9.78 Å². The van der Waals surface area contributed by atoms with Crippen LogP contribution in [0.1, 0.15) is 43.8 Å². The first-order valence-electron chi connectivity index (χ1n) is 8.99. The molecule has 0 bridgehead atoms. The van der Waals surface area contributed by atoms with Gasteiger partial charge in [-0.2, -0.15) is 0 Å². The minimum atomic E-state index is -0.261. The maximum absolute atomic E-state index is 12.7. The summed E-state index contributed by atoms with van der Waals surface area (Å²) in [6.07, 6.45) is 7.19. The van der Waals surface area contributed by atoms with Crippen molar-refractivity contribution in [1.82, 2.24) is 24.4 Å². The quantitative estimate of drug-likeness (QED) is 0.848. The number of carbonyl (C=O) groups is 1. The Morgan fingerprint density at radius 2 is 2.12 bits per heavy atom. The molecule has 1 saturated heterocycles. The maximum atomic E-state index is 12.7. The van der Waals surface area contributed by atoms with Crippen LogP contribution in [-0.4, -0.2) is 57.1 Å². The SMILES string of the molecule is CNc1nccnc1C1CN(C(=O)CCn2ccnc2C(C)C)CCO1. The minimum absolute atomic E-state index is 0.122. The molecule has 0 saturated carbocycles. The molecule has 0 aromatic carbocycles. The van der Waals surface area contributed by atoms with Crippen molar-refractivity contribution in [3.05, 3.63) is 36.3 Å². The van der Waals surface area contributed by atoms with Gasteiger partial charge in [0.15, 0.2) is 0 Å². The highest BCUT2D eigenvalue weighted by molar-refractivity contribution is 5.76. The lowest BCUT2D eigenvalue weighted by Crippen LogP contribution is -2.42. The molecule has 140 valence electrons. The second-order valence-corrected chi connectivity index (χ2v) is 6.62. The van der Waals surface area contributed by atoms with Crippen LogP contribution in [0.3, 0.4) is 0 Å². The highest BCUT2D eigenvalue weighted by Gasteiger charge is 2.28. The summed E-state index contributed by atoms with van der Waals surface area (Å²) in [7, 11) is 1.80. The third kappa shape index (κ3) is 4.01. The lowest BCUT2D eigenvalue weighted by molar-refractivity contribution is -0.139. The largest absolute Gasteiger partial charge is 0.372 e. The first-order chi connectivity index (χ1) is 12.6. The maximum Gasteiger partial charge on any atom is 0.224 e. The van der Waals surface area contributed by atoms with Gasteiger partial charge in [-0.05, 0) is 0 Å². The van der Waals surface area contributed by atoms with E-state index in [-0.39, 0.29) is 12.0 Å². The molecule has 1 unspecified atom stereocenters. The average molecular weight is 358 g/mol. The Hall–Kier alpha value is -2.48. The average Bonchev–Trinajstić information content (AvgIpc) is 3.15. The zero-order valence-electron chi connectivity index (χ0n) is 15.6. The lowest BCUT2D eigenvalue weighted by atomic mass is 10.1.